The third-order valence-corrected chi connectivity index (χ3v) is 5.18. The monoisotopic (exact) mass is 370 g/mol. The van der Waals surface area contributed by atoms with Crippen LogP contribution in [0.2, 0.25) is 0 Å². The number of nitrogens with zero attached hydrogens (tertiary/aromatic N) is 2. The third-order valence-electron chi connectivity index (χ3n) is 5.18. The van der Waals surface area contributed by atoms with Crippen molar-refractivity contribution in [3.63, 3.8) is 0 Å². The summed E-state index contributed by atoms with van der Waals surface area (Å²) in [4.78, 5) is 14.4. The van der Waals surface area contributed by atoms with E-state index in [9.17, 15) is 4.79 Å². The molecule has 1 fully saturated rings. The van der Waals surface area contributed by atoms with Crippen molar-refractivity contribution < 1.29 is 9.32 Å². The van der Waals surface area contributed by atoms with Gasteiger partial charge in [0, 0.05) is 31.1 Å². The molecule has 2 atom stereocenters. The van der Waals surface area contributed by atoms with Gasteiger partial charge in [-0.15, -0.1) is 0 Å². The molecule has 1 aromatic heterocycles. The minimum absolute atomic E-state index is 0.152. The van der Waals surface area contributed by atoms with Gasteiger partial charge in [0.05, 0.1) is 5.69 Å². The molecule has 0 aliphatic carbocycles. The molecule has 1 aromatic carbocycles. The summed E-state index contributed by atoms with van der Waals surface area (Å²) in [7, 11) is 4.02. The largest absolute Gasteiger partial charge is 0.356 e. The Kier molecular flexibility index (Phi) is 7.01. The summed E-state index contributed by atoms with van der Waals surface area (Å²) >= 11 is 0. The highest BCUT2D eigenvalue weighted by atomic mass is 16.5. The molecule has 1 aliphatic rings. The molecular weight excluding hydrogens is 340 g/mol. The number of hydrogen-bond acceptors (Lipinski definition) is 5. The number of aromatic nitrogens is 1. The number of rotatable bonds is 8. The van der Waals surface area contributed by atoms with E-state index in [4.69, 9.17) is 4.52 Å². The molecule has 0 spiro atoms. The fraction of sp³-hybridized carbons (Fsp3) is 0.524. The Morgan fingerprint density at radius 2 is 2.11 bits per heavy atom. The lowest BCUT2D eigenvalue weighted by molar-refractivity contribution is -0.122. The van der Waals surface area contributed by atoms with Crippen molar-refractivity contribution in [3.8, 4) is 11.3 Å². The van der Waals surface area contributed by atoms with Crippen LogP contribution in [0.15, 0.2) is 40.9 Å². The first-order chi connectivity index (χ1) is 13.1. The predicted octanol–water partition coefficient (Wildman–Crippen LogP) is 2.18. The summed E-state index contributed by atoms with van der Waals surface area (Å²) in [6.07, 6.45) is 2.44. The van der Waals surface area contributed by atoms with E-state index in [1.807, 2.05) is 50.5 Å². The molecule has 27 heavy (non-hydrogen) atoms. The standard InChI is InChI=1S/C21H30N4O2/c1-25(2)11-10-23-21(26)13-17-8-9-22-15-18(17)12-19-14-20(27-24-19)16-6-4-3-5-7-16/h3-7,14,17-18,22H,8-13,15H2,1-2H3,(H,23,26)/t17-,18-/m0/s1. The molecule has 2 N–H and O–H groups in total. The third kappa shape index (κ3) is 5.91. The molecule has 146 valence electrons. The summed E-state index contributed by atoms with van der Waals surface area (Å²) in [6, 6.07) is 12.0. The second-order valence-electron chi connectivity index (χ2n) is 7.62. The average Bonchev–Trinajstić information content (AvgIpc) is 3.12. The Bertz CT molecular complexity index is 714. The number of carbonyl (C=O) groups is 1. The number of nitrogens with one attached hydrogen (secondary N) is 2. The first-order valence-electron chi connectivity index (χ1n) is 9.75. The second kappa shape index (κ2) is 9.67. The summed E-state index contributed by atoms with van der Waals surface area (Å²) < 4.78 is 5.53. The van der Waals surface area contributed by atoms with Crippen molar-refractivity contribution in [3.05, 3.63) is 42.1 Å². The van der Waals surface area contributed by atoms with E-state index in [0.717, 1.165) is 49.5 Å². The van der Waals surface area contributed by atoms with Crippen LogP contribution < -0.4 is 10.6 Å². The van der Waals surface area contributed by atoms with Gasteiger partial charge in [-0.25, -0.2) is 0 Å². The fourth-order valence-corrected chi connectivity index (χ4v) is 3.63. The Morgan fingerprint density at radius 1 is 1.30 bits per heavy atom. The van der Waals surface area contributed by atoms with Crippen molar-refractivity contribution in [1.82, 2.24) is 20.7 Å². The first kappa shape index (κ1) is 19.6. The molecule has 0 saturated carbocycles. The van der Waals surface area contributed by atoms with Crippen LogP contribution in [0, 0.1) is 11.8 Å². The van der Waals surface area contributed by atoms with Crippen LogP contribution in [-0.2, 0) is 11.2 Å². The molecule has 6 heteroatoms. The summed E-state index contributed by atoms with van der Waals surface area (Å²) in [5.74, 6) is 1.72. The normalized spacial score (nSPS) is 20.0. The van der Waals surface area contributed by atoms with Crippen LogP contribution in [0.1, 0.15) is 18.5 Å². The van der Waals surface area contributed by atoms with Gasteiger partial charge in [0.1, 0.15) is 0 Å². The number of benzene rings is 1. The predicted molar refractivity (Wildman–Crippen MR) is 106 cm³/mol. The minimum atomic E-state index is 0.152. The molecular formula is C21H30N4O2. The number of likely N-dealkylation sites (N-methyl/N-ethyl adjacent to an activating group) is 1. The van der Waals surface area contributed by atoms with E-state index in [-0.39, 0.29) is 5.91 Å². The minimum Gasteiger partial charge on any atom is -0.356 e. The van der Waals surface area contributed by atoms with E-state index >= 15 is 0 Å². The van der Waals surface area contributed by atoms with Gasteiger partial charge in [0.25, 0.3) is 0 Å². The Hall–Kier alpha value is -2.18. The van der Waals surface area contributed by atoms with Crippen LogP contribution in [-0.4, -0.2) is 56.2 Å². The van der Waals surface area contributed by atoms with Gasteiger partial charge < -0.3 is 20.1 Å². The van der Waals surface area contributed by atoms with Gasteiger partial charge in [-0.05, 0) is 51.9 Å². The lowest BCUT2D eigenvalue weighted by Gasteiger charge is -2.31. The smallest absolute Gasteiger partial charge is 0.220 e. The van der Waals surface area contributed by atoms with Gasteiger partial charge in [0.15, 0.2) is 5.76 Å². The van der Waals surface area contributed by atoms with Gasteiger partial charge in [0.2, 0.25) is 5.91 Å². The lowest BCUT2D eigenvalue weighted by Crippen LogP contribution is -2.41. The SMILES string of the molecule is CN(C)CCNC(=O)C[C@@H]1CCNC[C@@H]1Cc1cc(-c2ccccc2)on1. The molecule has 0 bridgehead atoms. The Morgan fingerprint density at radius 3 is 2.89 bits per heavy atom. The van der Waals surface area contributed by atoms with Crippen molar-refractivity contribution in [2.45, 2.75) is 19.3 Å². The van der Waals surface area contributed by atoms with E-state index in [1.165, 1.54) is 0 Å². The highest BCUT2D eigenvalue weighted by Crippen LogP contribution is 2.27. The van der Waals surface area contributed by atoms with Crippen molar-refractivity contribution in [2.24, 2.45) is 11.8 Å². The summed E-state index contributed by atoms with van der Waals surface area (Å²) in [5, 5.41) is 10.8. The van der Waals surface area contributed by atoms with Crippen molar-refractivity contribution in [2.75, 3.05) is 40.3 Å². The molecule has 3 rings (SSSR count). The molecule has 6 nitrogen and oxygen atoms in total. The number of hydrogen-bond donors (Lipinski definition) is 2. The Balaban J connectivity index is 1.56. The van der Waals surface area contributed by atoms with Crippen molar-refractivity contribution >= 4 is 5.91 Å². The van der Waals surface area contributed by atoms with Crippen LogP contribution >= 0.6 is 0 Å². The van der Waals surface area contributed by atoms with E-state index in [0.29, 0.717) is 24.8 Å². The summed E-state index contributed by atoms with van der Waals surface area (Å²) in [6.45, 7) is 3.46. The average molecular weight is 370 g/mol. The Labute approximate surface area is 161 Å². The maximum absolute atomic E-state index is 12.3. The quantitative estimate of drug-likeness (QED) is 0.745. The van der Waals surface area contributed by atoms with Crippen LogP contribution in [0.25, 0.3) is 11.3 Å². The zero-order chi connectivity index (χ0) is 19.1. The fourth-order valence-electron chi connectivity index (χ4n) is 3.63. The number of amides is 1. The topological polar surface area (TPSA) is 70.4 Å². The van der Waals surface area contributed by atoms with Crippen LogP contribution in [0.5, 0.6) is 0 Å². The van der Waals surface area contributed by atoms with Gasteiger partial charge in [-0.1, -0.05) is 35.5 Å². The molecule has 1 amide bonds. The maximum Gasteiger partial charge on any atom is 0.220 e. The van der Waals surface area contributed by atoms with Gasteiger partial charge in [-0.2, -0.15) is 0 Å². The molecule has 2 heterocycles. The second-order valence-corrected chi connectivity index (χ2v) is 7.62. The zero-order valence-electron chi connectivity index (χ0n) is 16.3. The zero-order valence-corrected chi connectivity index (χ0v) is 16.3. The molecule has 0 radical (unpaired) electrons. The highest BCUT2D eigenvalue weighted by molar-refractivity contribution is 5.76. The molecule has 1 saturated heterocycles. The van der Waals surface area contributed by atoms with Crippen LogP contribution in [0.4, 0.5) is 0 Å². The first-order valence-corrected chi connectivity index (χ1v) is 9.75. The van der Waals surface area contributed by atoms with Crippen molar-refractivity contribution in [1.29, 1.82) is 0 Å². The van der Waals surface area contributed by atoms with E-state index < -0.39 is 0 Å². The summed E-state index contributed by atoms with van der Waals surface area (Å²) in [5.41, 5.74) is 2.00. The van der Waals surface area contributed by atoms with E-state index in [1.54, 1.807) is 0 Å². The lowest BCUT2D eigenvalue weighted by atomic mass is 9.81. The van der Waals surface area contributed by atoms with Gasteiger partial charge in [-0.3, -0.25) is 4.79 Å². The van der Waals surface area contributed by atoms with Crippen LogP contribution in [0.3, 0.4) is 0 Å². The van der Waals surface area contributed by atoms with Gasteiger partial charge >= 0.3 is 0 Å². The highest BCUT2D eigenvalue weighted by Gasteiger charge is 2.28. The number of carbonyl (C=O) groups excluding carboxylic acids is 1. The van der Waals surface area contributed by atoms with E-state index in [2.05, 4.69) is 20.7 Å². The maximum atomic E-state index is 12.3. The molecule has 0 unspecified atom stereocenters. The number of piperidine rings is 1. The molecule has 2 aromatic rings. The molecule has 1 aliphatic heterocycles.